The van der Waals surface area contributed by atoms with E-state index in [1.165, 1.54) is 23.1 Å². The lowest BCUT2D eigenvalue weighted by Crippen LogP contribution is -2.49. The molecular weight excluding hydrogens is 517 g/mol. The number of halogens is 1. The first-order chi connectivity index (χ1) is 19.5. The van der Waals surface area contributed by atoms with Crippen LogP contribution in [0.25, 0.3) is 16.6 Å². The van der Waals surface area contributed by atoms with Crippen LogP contribution in [-0.2, 0) is 11.2 Å². The monoisotopic (exact) mass is 561 g/mol. The Morgan fingerprint density at radius 1 is 1.05 bits per heavy atom. The van der Waals surface area contributed by atoms with Crippen molar-refractivity contribution in [3.05, 3.63) is 59.3 Å². The molecule has 5 rings (SSSR count). The molecule has 2 amide bonds. The van der Waals surface area contributed by atoms with Gasteiger partial charge in [0, 0.05) is 70.5 Å². The van der Waals surface area contributed by atoms with Crippen LogP contribution < -0.4 is 0 Å². The normalized spacial score (nSPS) is 19.9. The minimum Gasteiger partial charge on any atom is -0.349 e. The van der Waals surface area contributed by atoms with Crippen molar-refractivity contribution in [2.45, 2.75) is 58.9 Å². The molecule has 2 aromatic heterocycles. The minimum absolute atomic E-state index is 0.00312. The topological polar surface area (TPSA) is 61.7 Å². The molecule has 1 saturated heterocycles. The molecule has 8 heteroatoms. The molecule has 3 aromatic rings. The van der Waals surface area contributed by atoms with Gasteiger partial charge in [-0.05, 0) is 94.0 Å². The Kier molecular flexibility index (Phi) is 8.50. The Hall–Kier alpha value is -3.26. The number of likely N-dealkylation sites (tertiary alicyclic amines) is 1. The number of aryl methyl sites for hydroxylation is 1. The summed E-state index contributed by atoms with van der Waals surface area (Å²) in [6.07, 6.45) is 11.1. The first kappa shape index (κ1) is 29.2. The average molecular weight is 562 g/mol. The number of carbonyl (C=O) groups excluding carboxylic acids is 2. The standard InChI is InChI=1S/C33H44FN5O2/c1-21(2)37(6)33(41)28-14-27(34)11-12-29(28)39-20-26(31-22(3)15-35-16-30(31)39)13-24-18-38(19-24)17-23-7-9-25(10-8-23)32(40)36(4)5/h11-12,14-16,20-21,23-25H,7-10,13,17-19H2,1-6H3/t23-,25+. The zero-order valence-electron chi connectivity index (χ0n) is 25.4. The van der Waals surface area contributed by atoms with Crippen molar-refractivity contribution >= 4 is 22.7 Å². The van der Waals surface area contributed by atoms with Crippen molar-refractivity contribution in [2.24, 2.45) is 17.8 Å². The number of amides is 2. The van der Waals surface area contributed by atoms with Crippen LogP contribution in [0.15, 0.2) is 36.8 Å². The minimum atomic E-state index is -0.424. The van der Waals surface area contributed by atoms with Crippen molar-refractivity contribution in [3.63, 3.8) is 0 Å². The third-order valence-corrected chi connectivity index (χ3v) is 9.22. The van der Waals surface area contributed by atoms with Crippen molar-refractivity contribution in [1.29, 1.82) is 0 Å². The number of carbonyl (C=O) groups is 2. The highest BCUT2D eigenvalue weighted by molar-refractivity contribution is 5.99. The predicted molar refractivity (Wildman–Crippen MR) is 161 cm³/mol. The van der Waals surface area contributed by atoms with E-state index in [1.807, 2.05) is 44.9 Å². The first-order valence-electron chi connectivity index (χ1n) is 15.0. The lowest BCUT2D eigenvalue weighted by molar-refractivity contribution is -0.134. The molecule has 3 heterocycles. The van der Waals surface area contributed by atoms with Crippen molar-refractivity contribution in [1.82, 2.24) is 24.3 Å². The summed E-state index contributed by atoms with van der Waals surface area (Å²) in [5.74, 6) is 1.09. The van der Waals surface area contributed by atoms with Crippen LogP contribution in [0.3, 0.4) is 0 Å². The van der Waals surface area contributed by atoms with Gasteiger partial charge in [-0.15, -0.1) is 0 Å². The Balaban J connectivity index is 1.31. The van der Waals surface area contributed by atoms with Crippen LogP contribution in [-0.4, -0.2) is 82.9 Å². The van der Waals surface area contributed by atoms with Gasteiger partial charge in [-0.1, -0.05) is 0 Å². The highest BCUT2D eigenvalue weighted by Gasteiger charge is 2.33. The molecule has 41 heavy (non-hydrogen) atoms. The summed E-state index contributed by atoms with van der Waals surface area (Å²) >= 11 is 0. The van der Waals surface area contributed by atoms with Crippen LogP contribution in [0.5, 0.6) is 0 Å². The van der Waals surface area contributed by atoms with Crippen LogP contribution in [0.4, 0.5) is 4.39 Å². The third-order valence-electron chi connectivity index (χ3n) is 9.22. The van der Waals surface area contributed by atoms with Crippen molar-refractivity contribution in [3.8, 4) is 5.69 Å². The van der Waals surface area contributed by atoms with E-state index in [0.29, 0.717) is 23.1 Å². The number of pyridine rings is 1. The Morgan fingerprint density at radius 2 is 1.76 bits per heavy atom. The Morgan fingerprint density at radius 3 is 2.41 bits per heavy atom. The van der Waals surface area contributed by atoms with E-state index in [9.17, 15) is 14.0 Å². The largest absolute Gasteiger partial charge is 0.349 e. The van der Waals surface area contributed by atoms with Crippen LogP contribution in [0.1, 0.15) is 61.0 Å². The number of aromatic nitrogens is 2. The fourth-order valence-corrected chi connectivity index (χ4v) is 6.70. The van der Waals surface area contributed by atoms with E-state index in [2.05, 4.69) is 23.0 Å². The van der Waals surface area contributed by atoms with E-state index in [-0.39, 0.29) is 23.8 Å². The molecule has 1 saturated carbocycles. The molecule has 7 nitrogen and oxygen atoms in total. The SMILES string of the molecule is Cc1cncc2c1c(CC1CN(C[C@H]3CC[C@@H](C(=O)N(C)C)CC3)C1)cn2-c1ccc(F)cc1C(=O)N(C)C(C)C. The molecule has 2 aliphatic rings. The summed E-state index contributed by atoms with van der Waals surface area (Å²) in [5.41, 5.74) is 4.31. The summed E-state index contributed by atoms with van der Waals surface area (Å²) in [7, 11) is 5.46. The molecule has 1 aliphatic heterocycles. The maximum atomic E-state index is 14.4. The quantitative estimate of drug-likeness (QED) is 0.373. The van der Waals surface area contributed by atoms with E-state index < -0.39 is 5.82 Å². The maximum Gasteiger partial charge on any atom is 0.256 e. The molecule has 1 aromatic carbocycles. The van der Waals surface area contributed by atoms with Gasteiger partial charge in [0.25, 0.3) is 5.91 Å². The fraction of sp³-hybridized carbons (Fsp3) is 0.545. The van der Waals surface area contributed by atoms with Crippen LogP contribution in [0.2, 0.25) is 0 Å². The molecular formula is C33H44FN5O2. The highest BCUT2D eigenvalue weighted by Crippen LogP contribution is 2.35. The molecule has 0 spiro atoms. The smallest absolute Gasteiger partial charge is 0.256 e. The summed E-state index contributed by atoms with van der Waals surface area (Å²) in [5, 5.41) is 1.17. The molecule has 220 valence electrons. The van der Waals surface area contributed by atoms with Gasteiger partial charge in [0.15, 0.2) is 0 Å². The van der Waals surface area contributed by atoms with Gasteiger partial charge in [0.05, 0.1) is 23.0 Å². The molecule has 1 aliphatic carbocycles. The van der Waals surface area contributed by atoms with Crippen LogP contribution >= 0.6 is 0 Å². The Labute approximate surface area is 243 Å². The number of hydrogen-bond donors (Lipinski definition) is 0. The number of nitrogens with zero attached hydrogens (tertiary/aromatic N) is 5. The number of rotatable bonds is 8. The van der Waals surface area contributed by atoms with Gasteiger partial charge in [-0.2, -0.15) is 0 Å². The first-order valence-corrected chi connectivity index (χ1v) is 15.0. The van der Waals surface area contributed by atoms with Gasteiger partial charge in [0.1, 0.15) is 5.82 Å². The van der Waals surface area contributed by atoms with Gasteiger partial charge in [-0.25, -0.2) is 4.39 Å². The molecule has 2 fully saturated rings. The summed E-state index contributed by atoms with van der Waals surface area (Å²) in [4.78, 5) is 36.1. The lowest BCUT2D eigenvalue weighted by atomic mass is 9.80. The summed E-state index contributed by atoms with van der Waals surface area (Å²) < 4.78 is 16.4. The van der Waals surface area contributed by atoms with Gasteiger partial charge in [0.2, 0.25) is 5.91 Å². The van der Waals surface area contributed by atoms with E-state index in [1.54, 1.807) is 22.9 Å². The lowest BCUT2D eigenvalue weighted by Gasteiger charge is -2.42. The highest BCUT2D eigenvalue weighted by atomic mass is 19.1. The second-order valence-corrected chi connectivity index (χ2v) is 12.8. The molecule has 0 unspecified atom stereocenters. The second-order valence-electron chi connectivity index (χ2n) is 12.8. The zero-order valence-corrected chi connectivity index (χ0v) is 25.4. The average Bonchev–Trinajstić information content (AvgIpc) is 3.30. The van der Waals surface area contributed by atoms with Crippen molar-refractivity contribution < 1.29 is 14.0 Å². The zero-order chi connectivity index (χ0) is 29.4. The van der Waals surface area contributed by atoms with Gasteiger partial charge < -0.3 is 19.3 Å². The predicted octanol–water partition coefficient (Wildman–Crippen LogP) is 5.32. The molecule has 0 bridgehead atoms. The Bertz CT molecular complexity index is 1420. The third kappa shape index (κ3) is 6.03. The summed E-state index contributed by atoms with van der Waals surface area (Å²) in [6.45, 7) is 9.25. The molecule has 0 radical (unpaired) electrons. The van der Waals surface area contributed by atoms with Gasteiger partial charge >= 0.3 is 0 Å². The van der Waals surface area contributed by atoms with E-state index in [0.717, 1.165) is 62.8 Å². The van der Waals surface area contributed by atoms with Gasteiger partial charge in [-0.3, -0.25) is 14.6 Å². The van der Waals surface area contributed by atoms with E-state index >= 15 is 0 Å². The second kappa shape index (κ2) is 11.9. The van der Waals surface area contributed by atoms with E-state index in [4.69, 9.17) is 0 Å². The van der Waals surface area contributed by atoms with Crippen molar-refractivity contribution in [2.75, 3.05) is 40.8 Å². The maximum absolute atomic E-state index is 14.4. The number of fused-ring (bicyclic) bond motifs is 1. The fourth-order valence-electron chi connectivity index (χ4n) is 6.70. The molecule has 0 atom stereocenters. The molecule has 0 N–H and O–H groups in total. The van der Waals surface area contributed by atoms with Crippen LogP contribution in [0, 0.1) is 30.5 Å². The number of hydrogen-bond acceptors (Lipinski definition) is 4. The summed E-state index contributed by atoms with van der Waals surface area (Å²) in [6, 6.07) is 4.47. The number of benzene rings is 1.